The zero-order valence-corrected chi connectivity index (χ0v) is 13.8. The second kappa shape index (κ2) is 8.62. The van der Waals surface area contributed by atoms with Crippen molar-refractivity contribution in [3.8, 4) is 0 Å². The van der Waals surface area contributed by atoms with Gasteiger partial charge in [0, 0.05) is 51.5 Å². The maximum Gasteiger partial charge on any atom is 0.256 e. The lowest BCUT2D eigenvalue weighted by molar-refractivity contribution is 0.0768. The van der Waals surface area contributed by atoms with E-state index in [2.05, 4.69) is 15.2 Å². The zero-order valence-electron chi connectivity index (χ0n) is 12.2. The number of carbonyl (C=O) groups excluding carboxylic acids is 1. The van der Waals surface area contributed by atoms with Gasteiger partial charge >= 0.3 is 0 Å². The molecular formula is C14H21Cl2FN4O. The normalized spacial score (nSPS) is 21.9. The van der Waals surface area contributed by atoms with Crippen LogP contribution in [0.2, 0.25) is 0 Å². The van der Waals surface area contributed by atoms with Gasteiger partial charge in [-0.05, 0) is 12.5 Å². The summed E-state index contributed by atoms with van der Waals surface area (Å²) in [7, 11) is 0. The van der Waals surface area contributed by atoms with E-state index < -0.39 is 5.82 Å². The van der Waals surface area contributed by atoms with Crippen LogP contribution < -0.4 is 5.32 Å². The van der Waals surface area contributed by atoms with E-state index in [9.17, 15) is 9.18 Å². The molecule has 1 amide bonds. The molecule has 8 heteroatoms. The first-order chi connectivity index (χ1) is 9.75. The quantitative estimate of drug-likeness (QED) is 0.870. The Morgan fingerprint density at radius 3 is 2.68 bits per heavy atom. The van der Waals surface area contributed by atoms with Crippen LogP contribution >= 0.6 is 24.8 Å². The highest BCUT2D eigenvalue weighted by molar-refractivity contribution is 5.94. The number of carbonyl (C=O) groups is 1. The number of nitrogens with one attached hydrogen (secondary N) is 1. The minimum absolute atomic E-state index is 0. The van der Waals surface area contributed by atoms with Crippen LogP contribution in [0.15, 0.2) is 18.5 Å². The van der Waals surface area contributed by atoms with Crippen LogP contribution in [0.3, 0.4) is 0 Å². The summed E-state index contributed by atoms with van der Waals surface area (Å²) in [6.07, 6.45) is 3.52. The molecule has 0 aromatic carbocycles. The van der Waals surface area contributed by atoms with E-state index in [1.165, 1.54) is 12.3 Å². The van der Waals surface area contributed by atoms with E-state index in [1.54, 1.807) is 4.90 Å². The number of hydrogen-bond donors (Lipinski definition) is 1. The van der Waals surface area contributed by atoms with Crippen LogP contribution in [-0.2, 0) is 0 Å². The molecule has 0 radical (unpaired) electrons. The summed E-state index contributed by atoms with van der Waals surface area (Å²) < 4.78 is 13.6. The molecule has 3 heterocycles. The summed E-state index contributed by atoms with van der Waals surface area (Å²) in [4.78, 5) is 20.2. The van der Waals surface area contributed by atoms with Gasteiger partial charge in [-0.3, -0.25) is 14.7 Å². The van der Waals surface area contributed by atoms with Gasteiger partial charge in [-0.15, -0.1) is 24.8 Å². The highest BCUT2D eigenvalue weighted by Gasteiger charge is 2.32. The van der Waals surface area contributed by atoms with Gasteiger partial charge in [0.25, 0.3) is 5.91 Å². The van der Waals surface area contributed by atoms with Crippen LogP contribution in [0.1, 0.15) is 16.8 Å². The summed E-state index contributed by atoms with van der Waals surface area (Å²) in [6, 6.07) is 1.86. The lowest BCUT2D eigenvalue weighted by atomic mass is 10.2. The van der Waals surface area contributed by atoms with Crippen molar-refractivity contribution in [1.82, 2.24) is 20.1 Å². The number of nitrogens with zero attached hydrogens (tertiary/aromatic N) is 3. The Morgan fingerprint density at radius 2 is 2.00 bits per heavy atom. The molecule has 3 rings (SSSR count). The van der Waals surface area contributed by atoms with Crippen LogP contribution in [0.4, 0.5) is 4.39 Å². The van der Waals surface area contributed by atoms with Gasteiger partial charge in [0.2, 0.25) is 0 Å². The molecule has 1 aromatic heterocycles. The number of piperazine rings is 1. The number of aromatic nitrogens is 1. The van der Waals surface area contributed by atoms with Crippen molar-refractivity contribution in [1.29, 1.82) is 0 Å². The molecule has 1 aromatic rings. The monoisotopic (exact) mass is 350 g/mol. The maximum atomic E-state index is 13.6. The molecule has 124 valence electrons. The topological polar surface area (TPSA) is 48.5 Å². The largest absolute Gasteiger partial charge is 0.337 e. The Kier molecular flexibility index (Phi) is 7.48. The molecule has 2 aliphatic heterocycles. The Morgan fingerprint density at radius 1 is 1.27 bits per heavy atom. The van der Waals surface area contributed by atoms with Crippen LogP contribution in [0, 0.1) is 5.82 Å². The second-order valence-electron chi connectivity index (χ2n) is 5.34. The van der Waals surface area contributed by atoms with Crippen LogP contribution in [0.25, 0.3) is 0 Å². The summed E-state index contributed by atoms with van der Waals surface area (Å²) in [6.45, 7) is 5.45. The van der Waals surface area contributed by atoms with Gasteiger partial charge in [-0.25, -0.2) is 4.39 Å². The molecule has 2 fully saturated rings. The molecule has 2 aliphatic rings. The molecule has 0 bridgehead atoms. The molecule has 1 unspecified atom stereocenters. The highest BCUT2D eigenvalue weighted by atomic mass is 35.5. The Hall–Kier alpha value is -0.950. The molecule has 1 N–H and O–H groups in total. The van der Waals surface area contributed by atoms with Gasteiger partial charge in [0.05, 0.1) is 11.8 Å². The number of pyridine rings is 1. The summed E-state index contributed by atoms with van der Waals surface area (Å²) in [5.74, 6) is -0.759. The minimum Gasteiger partial charge on any atom is -0.337 e. The van der Waals surface area contributed by atoms with E-state index in [0.717, 1.165) is 38.8 Å². The third kappa shape index (κ3) is 4.07. The maximum absolute atomic E-state index is 13.6. The number of amides is 1. The number of likely N-dealkylation sites (tertiary alicyclic amines) is 1. The minimum atomic E-state index is -0.539. The zero-order chi connectivity index (χ0) is 13.9. The molecule has 1 atom stereocenters. The Balaban J connectivity index is 0.00000121. The fraction of sp³-hybridized carbons (Fsp3) is 0.571. The van der Waals surface area contributed by atoms with E-state index in [0.29, 0.717) is 19.1 Å². The average Bonchev–Trinajstić information content (AvgIpc) is 2.98. The number of rotatable bonds is 2. The lowest BCUT2D eigenvalue weighted by Gasteiger charge is -2.32. The van der Waals surface area contributed by atoms with Gasteiger partial charge in [0.1, 0.15) is 0 Å². The SMILES string of the molecule is Cl.Cl.O=C(c1ccncc1F)N1CCC(N2CCNCC2)C1. The van der Waals surface area contributed by atoms with E-state index in [1.807, 2.05) is 0 Å². The fourth-order valence-corrected chi connectivity index (χ4v) is 2.99. The van der Waals surface area contributed by atoms with E-state index in [-0.39, 0.29) is 36.3 Å². The predicted molar refractivity (Wildman–Crippen MR) is 87.4 cm³/mol. The van der Waals surface area contributed by atoms with Gasteiger partial charge in [0.15, 0.2) is 5.82 Å². The van der Waals surface area contributed by atoms with E-state index >= 15 is 0 Å². The van der Waals surface area contributed by atoms with Crippen molar-refractivity contribution in [3.63, 3.8) is 0 Å². The predicted octanol–water partition coefficient (Wildman–Crippen LogP) is 1.18. The highest BCUT2D eigenvalue weighted by Crippen LogP contribution is 2.19. The molecule has 5 nitrogen and oxygen atoms in total. The van der Waals surface area contributed by atoms with Crippen LogP contribution in [-0.4, -0.2) is 66.0 Å². The molecule has 2 saturated heterocycles. The van der Waals surface area contributed by atoms with Crippen molar-refractivity contribution in [3.05, 3.63) is 29.8 Å². The Labute approximate surface area is 142 Å². The lowest BCUT2D eigenvalue weighted by Crippen LogP contribution is -2.49. The molecule has 0 saturated carbocycles. The average molecular weight is 351 g/mol. The van der Waals surface area contributed by atoms with Crippen LogP contribution in [0.5, 0.6) is 0 Å². The summed E-state index contributed by atoms with van der Waals surface area (Å²) in [5, 5.41) is 3.33. The number of halogens is 3. The van der Waals surface area contributed by atoms with Crippen molar-refractivity contribution < 1.29 is 9.18 Å². The first kappa shape index (κ1) is 19.1. The summed E-state index contributed by atoms with van der Waals surface area (Å²) in [5.41, 5.74) is 0.126. The van der Waals surface area contributed by atoms with Crippen molar-refractivity contribution in [2.75, 3.05) is 39.3 Å². The smallest absolute Gasteiger partial charge is 0.256 e. The van der Waals surface area contributed by atoms with Crippen molar-refractivity contribution in [2.45, 2.75) is 12.5 Å². The van der Waals surface area contributed by atoms with Gasteiger partial charge < -0.3 is 10.2 Å². The standard InChI is InChI=1S/C14H19FN4O.2ClH/c15-13-9-17-3-1-12(13)14(20)19-6-2-11(10-19)18-7-4-16-5-8-18;;/h1,3,9,11,16H,2,4-8,10H2;2*1H. The first-order valence-corrected chi connectivity index (χ1v) is 7.09. The fourth-order valence-electron chi connectivity index (χ4n) is 2.99. The molecule has 22 heavy (non-hydrogen) atoms. The van der Waals surface area contributed by atoms with Crippen molar-refractivity contribution >= 4 is 30.7 Å². The Bertz CT molecular complexity index is 499. The molecular weight excluding hydrogens is 330 g/mol. The van der Waals surface area contributed by atoms with Gasteiger partial charge in [-0.2, -0.15) is 0 Å². The van der Waals surface area contributed by atoms with E-state index in [4.69, 9.17) is 0 Å². The third-order valence-corrected chi connectivity index (χ3v) is 4.12. The van der Waals surface area contributed by atoms with Gasteiger partial charge in [-0.1, -0.05) is 0 Å². The number of hydrogen-bond acceptors (Lipinski definition) is 4. The second-order valence-corrected chi connectivity index (χ2v) is 5.34. The first-order valence-electron chi connectivity index (χ1n) is 7.09. The van der Waals surface area contributed by atoms with Crippen molar-refractivity contribution in [2.24, 2.45) is 0 Å². The summed E-state index contributed by atoms with van der Waals surface area (Å²) >= 11 is 0. The molecule has 0 spiro atoms. The molecule has 0 aliphatic carbocycles. The third-order valence-electron chi connectivity index (χ3n) is 4.12.